The van der Waals surface area contributed by atoms with Gasteiger partial charge in [0.2, 0.25) is 0 Å². The molecule has 0 aliphatic heterocycles. The number of methoxy groups -OCH3 is 1. The minimum Gasteiger partial charge on any atom is -0.495 e. The fourth-order valence-electron chi connectivity index (χ4n) is 1.66. The smallest absolute Gasteiger partial charge is 0.341 e. The van der Waals surface area contributed by atoms with Crippen LogP contribution in [-0.2, 0) is 11.3 Å². The zero-order valence-electron chi connectivity index (χ0n) is 11.0. The molecule has 0 aliphatic carbocycles. The molecular formula is C13H13BrN2O4. The van der Waals surface area contributed by atoms with Crippen LogP contribution in [0.1, 0.15) is 21.8 Å². The molecule has 20 heavy (non-hydrogen) atoms. The highest BCUT2D eigenvalue weighted by Crippen LogP contribution is 2.32. The van der Waals surface area contributed by atoms with Gasteiger partial charge in [0.25, 0.3) is 0 Å². The summed E-state index contributed by atoms with van der Waals surface area (Å²) in [6.07, 6.45) is 0. The van der Waals surface area contributed by atoms with Crippen LogP contribution in [0.5, 0.6) is 5.75 Å². The number of aryl methyl sites for hydroxylation is 1. The number of carbonyl (C=O) groups is 1. The highest BCUT2D eigenvalue weighted by molar-refractivity contribution is 9.10. The minimum absolute atomic E-state index is 0.0132. The Morgan fingerprint density at radius 3 is 2.85 bits per heavy atom. The molecule has 1 heterocycles. The van der Waals surface area contributed by atoms with Gasteiger partial charge < -0.3 is 19.7 Å². The zero-order valence-corrected chi connectivity index (χ0v) is 12.6. The van der Waals surface area contributed by atoms with Gasteiger partial charge in [0.05, 0.1) is 12.8 Å². The number of nitrogens with zero attached hydrogens (tertiary/aromatic N) is 1. The molecule has 0 amide bonds. The molecule has 6 nitrogen and oxygen atoms in total. The lowest BCUT2D eigenvalue weighted by atomic mass is 10.1. The lowest BCUT2D eigenvalue weighted by Gasteiger charge is -2.11. The molecule has 1 aromatic heterocycles. The third-order valence-corrected chi connectivity index (χ3v) is 3.27. The molecule has 106 valence electrons. The van der Waals surface area contributed by atoms with Gasteiger partial charge >= 0.3 is 5.97 Å². The highest BCUT2D eigenvalue weighted by atomic mass is 79.9. The Balaban J connectivity index is 2.16. The largest absolute Gasteiger partial charge is 0.495 e. The first kappa shape index (κ1) is 14.4. The Bertz CT molecular complexity index is 639. The molecule has 0 saturated carbocycles. The number of ether oxygens (including phenoxy) is 2. The minimum atomic E-state index is -0.561. The molecule has 7 heteroatoms. The van der Waals surface area contributed by atoms with E-state index >= 15 is 0 Å². The van der Waals surface area contributed by atoms with Gasteiger partial charge in [-0.2, -0.15) is 0 Å². The summed E-state index contributed by atoms with van der Waals surface area (Å²) < 4.78 is 15.7. The molecule has 0 radical (unpaired) electrons. The molecular weight excluding hydrogens is 328 g/mol. The van der Waals surface area contributed by atoms with Crippen molar-refractivity contribution in [3.63, 3.8) is 0 Å². The van der Waals surface area contributed by atoms with Crippen LogP contribution in [0.2, 0.25) is 0 Å². The van der Waals surface area contributed by atoms with Crippen molar-refractivity contribution in [3.8, 4) is 5.75 Å². The molecule has 0 unspecified atom stereocenters. The Labute approximate surface area is 124 Å². The quantitative estimate of drug-likeness (QED) is 0.680. The van der Waals surface area contributed by atoms with Crippen molar-refractivity contribution in [1.82, 2.24) is 5.16 Å². The van der Waals surface area contributed by atoms with Crippen molar-refractivity contribution in [2.75, 3.05) is 12.8 Å². The molecule has 2 aromatic rings. The van der Waals surface area contributed by atoms with E-state index in [1.807, 2.05) is 0 Å². The molecule has 0 atom stereocenters. The second kappa shape index (κ2) is 5.96. The summed E-state index contributed by atoms with van der Waals surface area (Å²) in [5.74, 6) is 0.504. The number of benzene rings is 1. The van der Waals surface area contributed by atoms with E-state index in [2.05, 4.69) is 21.1 Å². The summed E-state index contributed by atoms with van der Waals surface area (Å²) >= 11 is 3.27. The number of nitrogen functional groups attached to an aromatic ring is 1. The second-order valence-electron chi connectivity index (χ2n) is 4.04. The van der Waals surface area contributed by atoms with Crippen molar-refractivity contribution in [1.29, 1.82) is 0 Å². The van der Waals surface area contributed by atoms with E-state index < -0.39 is 5.97 Å². The number of anilines is 1. The van der Waals surface area contributed by atoms with Crippen LogP contribution in [0.25, 0.3) is 0 Å². The number of hydrogen-bond donors (Lipinski definition) is 1. The molecule has 2 N–H and O–H groups in total. The van der Waals surface area contributed by atoms with Crippen molar-refractivity contribution < 1.29 is 18.8 Å². The van der Waals surface area contributed by atoms with Crippen LogP contribution in [0, 0.1) is 6.92 Å². The number of hydrogen-bond acceptors (Lipinski definition) is 6. The molecule has 2 rings (SSSR count). The van der Waals surface area contributed by atoms with Crippen LogP contribution in [0.3, 0.4) is 0 Å². The van der Waals surface area contributed by atoms with Gasteiger partial charge in [0.1, 0.15) is 29.4 Å². The van der Waals surface area contributed by atoms with Crippen molar-refractivity contribution >= 4 is 27.6 Å². The third-order valence-electron chi connectivity index (χ3n) is 2.61. The van der Waals surface area contributed by atoms with Crippen LogP contribution in [0.4, 0.5) is 5.69 Å². The second-order valence-corrected chi connectivity index (χ2v) is 4.90. The van der Waals surface area contributed by atoms with E-state index in [1.165, 1.54) is 7.11 Å². The number of carbonyl (C=O) groups excluding carboxylic acids is 1. The Kier molecular flexibility index (Phi) is 4.29. The van der Waals surface area contributed by atoms with Gasteiger partial charge in [0.15, 0.2) is 0 Å². The maximum Gasteiger partial charge on any atom is 0.341 e. The molecule has 1 aromatic carbocycles. The molecule has 0 bridgehead atoms. The number of halogens is 1. The van der Waals surface area contributed by atoms with Crippen LogP contribution in [-0.4, -0.2) is 18.2 Å². The number of rotatable bonds is 4. The Morgan fingerprint density at radius 2 is 2.25 bits per heavy atom. The van der Waals surface area contributed by atoms with E-state index in [-0.39, 0.29) is 17.9 Å². The lowest BCUT2D eigenvalue weighted by Crippen LogP contribution is -2.10. The first-order valence-electron chi connectivity index (χ1n) is 5.74. The molecule has 0 aliphatic rings. The number of esters is 1. The summed E-state index contributed by atoms with van der Waals surface area (Å²) in [5.41, 5.74) is 6.87. The zero-order chi connectivity index (χ0) is 14.7. The average molecular weight is 341 g/mol. The van der Waals surface area contributed by atoms with Gasteiger partial charge in [-0.05, 0) is 35.0 Å². The maximum atomic E-state index is 12.1. The maximum absolute atomic E-state index is 12.1. The number of nitrogens with two attached hydrogens (primary N) is 1. The summed E-state index contributed by atoms with van der Waals surface area (Å²) in [4.78, 5) is 12.1. The SMILES string of the molecule is COc1ccc(Br)c(C(=O)OCc2cc(C)on2)c1N. The lowest BCUT2D eigenvalue weighted by molar-refractivity contribution is 0.0464. The first-order valence-corrected chi connectivity index (χ1v) is 6.53. The van der Waals surface area contributed by atoms with E-state index in [0.29, 0.717) is 21.7 Å². The monoisotopic (exact) mass is 340 g/mol. The summed E-state index contributed by atoms with van der Waals surface area (Å²) in [5, 5.41) is 3.74. The van der Waals surface area contributed by atoms with Gasteiger partial charge in [-0.25, -0.2) is 4.79 Å². The molecule has 0 fully saturated rings. The highest BCUT2D eigenvalue weighted by Gasteiger charge is 2.19. The average Bonchev–Trinajstić information content (AvgIpc) is 2.82. The first-order chi connectivity index (χ1) is 9.52. The third kappa shape index (κ3) is 2.93. The van der Waals surface area contributed by atoms with Crippen molar-refractivity contribution in [2.45, 2.75) is 13.5 Å². The van der Waals surface area contributed by atoms with Crippen molar-refractivity contribution in [3.05, 3.63) is 39.7 Å². The van der Waals surface area contributed by atoms with Crippen LogP contribution >= 0.6 is 15.9 Å². The molecule has 0 saturated heterocycles. The van der Waals surface area contributed by atoms with Gasteiger partial charge in [-0.3, -0.25) is 0 Å². The topological polar surface area (TPSA) is 87.6 Å². The van der Waals surface area contributed by atoms with Gasteiger partial charge in [-0.1, -0.05) is 5.16 Å². The Hall–Kier alpha value is -2.02. The molecule has 0 spiro atoms. The standard InChI is InChI=1S/C13H13BrN2O4/c1-7-5-8(16-20-7)6-19-13(17)11-9(14)3-4-10(18-2)12(11)15/h3-5H,6,15H2,1-2H3. The summed E-state index contributed by atoms with van der Waals surface area (Å²) in [6.45, 7) is 1.77. The summed E-state index contributed by atoms with van der Waals surface area (Å²) in [6, 6.07) is 5.03. The number of aromatic nitrogens is 1. The van der Waals surface area contributed by atoms with Crippen LogP contribution in [0.15, 0.2) is 27.2 Å². The fourth-order valence-corrected chi connectivity index (χ4v) is 2.16. The van der Waals surface area contributed by atoms with E-state index in [9.17, 15) is 4.79 Å². The predicted molar refractivity (Wildman–Crippen MR) is 75.5 cm³/mol. The fraction of sp³-hybridized carbons (Fsp3) is 0.231. The van der Waals surface area contributed by atoms with E-state index in [0.717, 1.165) is 0 Å². The van der Waals surface area contributed by atoms with Crippen LogP contribution < -0.4 is 10.5 Å². The van der Waals surface area contributed by atoms with Gasteiger partial charge in [0, 0.05) is 10.5 Å². The van der Waals surface area contributed by atoms with E-state index in [1.54, 1.807) is 25.1 Å². The van der Waals surface area contributed by atoms with Gasteiger partial charge in [-0.15, -0.1) is 0 Å². The van der Waals surface area contributed by atoms with E-state index in [4.69, 9.17) is 19.7 Å². The Morgan fingerprint density at radius 1 is 1.50 bits per heavy atom. The summed E-state index contributed by atoms with van der Waals surface area (Å²) in [7, 11) is 1.48. The van der Waals surface area contributed by atoms with Crippen molar-refractivity contribution in [2.24, 2.45) is 0 Å². The normalized spacial score (nSPS) is 10.3. The predicted octanol–water partition coefficient (Wildman–Crippen LogP) is 2.69.